The number of carbonyl (C=O) groups is 1. The summed E-state index contributed by atoms with van der Waals surface area (Å²) in [7, 11) is 3.07. The number of benzene rings is 1. The molecule has 1 aromatic heterocycles. The molecule has 1 aromatic carbocycles. The molecule has 2 rings (SSSR count). The smallest absolute Gasteiger partial charge is 0.213 e. The van der Waals surface area contributed by atoms with Gasteiger partial charge in [-0.3, -0.25) is 9.78 Å². The van der Waals surface area contributed by atoms with E-state index in [0.717, 1.165) is 5.69 Å². The number of hydrogen-bond acceptors (Lipinski definition) is 5. The summed E-state index contributed by atoms with van der Waals surface area (Å²) in [6.07, 6.45) is 3.03. The first-order valence-corrected chi connectivity index (χ1v) is 5.71. The lowest BCUT2D eigenvalue weighted by molar-refractivity contribution is 0.103. The highest BCUT2D eigenvalue weighted by atomic mass is 16.5. The Morgan fingerprint density at radius 3 is 2.37 bits per heavy atom. The van der Waals surface area contributed by atoms with E-state index in [4.69, 9.17) is 9.47 Å². The molecular weight excluding hydrogens is 244 g/mol. The summed E-state index contributed by atoms with van der Waals surface area (Å²) >= 11 is 0. The van der Waals surface area contributed by atoms with Gasteiger partial charge in [0.25, 0.3) is 0 Å². The van der Waals surface area contributed by atoms with E-state index in [1.807, 2.05) is 6.92 Å². The molecule has 0 aliphatic carbocycles. The van der Waals surface area contributed by atoms with Gasteiger partial charge in [0.2, 0.25) is 5.78 Å². The van der Waals surface area contributed by atoms with Crippen LogP contribution in [0.3, 0.4) is 0 Å². The van der Waals surface area contributed by atoms with Crippen molar-refractivity contribution in [1.29, 1.82) is 0 Å². The minimum Gasteiger partial charge on any atom is -0.493 e. The fourth-order valence-electron chi connectivity index (χ4n) is 1.64. The molecule has 2 aromatic rings. The van der Waals surface area contributed by atoms with Crippen LogP contribution in [0.5, 0.6) is 11.5 Å². The molecule has 1 heterocycles. The van der Waals surface area contributed by atoms with Crippen molar-refractivity contribution in [1.82, 2.24) is 9.97 Å². The Hall–Kier alpha value is -2.43. The van der Waals surface area contributed by atoms with Gasteiger partial charge in [0.15, 0.2) is 11.5 Å². The SMILES string of the molecule is COc1ccc(C(=O)c2cnc(C)cn2)cc1OC. The first-order valence-electron chi connectivity index (χ1n) is 5.71. The van der Waals surface area contributed by atoms with Crippen molar-refractivity contribution in [3.8, 4) is 11.5 Å². The molecule has 0 aliphatic rings. The molecule has 0 N–H and O–H groups in total. The van der Waals surface area contributed by atoms with Crippen LogP contribution < -0.4 is 9.47 Å². The van der Waals surface area contributed by atoms with E-state index in [1.165, 1.54) is 13.3 Å². The van der Waals surface area contributed by atoms with Gasteiger partial charge in [-0.05, 0) is 25.1 Å². The number of rotatable bonds is 4. The number of nitrogens with zero attached hydrogens (tertiary/aromatic N) is 2. The predicted molar refractivity (Wildman–Crippen MR) is 69.7 cm³/mol. The van der Waals surface area contributed by atoms with E-state index < -0.39 is 0 Å². The fourth-order valence-corrected chi connectivity index (χ4v) is 1.64. The maximum Gasteiger partial charge on any atom is 0.213 e. The summed E-state index contributed by atoms with van der Waals surface area (Å²) in [4.78, 5) is 20.4. The van der Waals surface area contributed by atoms with Gasteiger partial charge in [-0.25, -0.2) is 4.98 Å². The Morgan fingerprint density at radius 2 is 1.79 bits per heavy atom. The third-order valence-electron chi connectivity index (χ3n) is 2.66. The molecule has 0 unspecified atom stereocenters. The van der Waals surface area contributed by atoms with Crippen molar-refractivity contribution in [3.63, 3.8) is 0 Å². The zero-order valence-electron chi connectivity index (χ0n) is 11.0. The van der Waals surface area contributed by atoms with Crippen molar-refractivity contribution in [3.05, 3.63) is 47.5 Å². The van der Waals surface area contributed by atoms with Crippen molar-refractivity contribution < 1.29 is 14.3 Å². The van der Waals surface area contributed by atoms with Crippen LogP contribution in [0.4, 0.5) is 0 Å². The Balaban J connectivity index is 2.36. The quantitative estimate of drug-likeness (QED) is 0.785. The maximum atomic E-state index is 12.2. The third kappa shape index (κ3) is 2.70. The summed E-state index contributed by atoms with van der Waals surface area (Å²) in [6.45, 7) is 1.82. The van der Waals surface area contributed by atoms with Gasteiger partial charge in [0.05, 0.1) is 26.1 Å². The molecular formula is C14H14N2O3. The second-order valence-corrected chi connectivity index (χ2v) is 3.94. The van der Waals surface area contributed by atoms with E-state index in [2.05, 4.69) is 9.97 Å². The summed E-state index contributed by atoms with van der Waals surface area (Å²) in [5.74, 6) is 0.885. The number of methoxy groups -OCH3 is 2. The van der Waals surface area contributed by atoms with Crippen molar-refractivity contribution in [2.45, 2.75) is 6.92 Å². The lowest BCUT2D eigenvalue weighted by atomic mass is 10.1. The van der Waals surface area contributed by atoms with E-state index in [-0.39, 0.29) is 5.78 Å². The Kier molecular flexibility index (Phi) is 3.75. The molecule has 5 heteroatoms. The number of ketones is 1. The molecule has 0 aliphatic heterocycles. The second kappa shape index (κ2) is 5.48. The first-order chi connectivity index (χ1) is 9.15. The average Bonchev–Trinajstić information content (AvgIpc) is 2.46. The Labute approximate surface area is 111 Å². The second-order valence-electron chi connectivity index (χ2n) is 3.94. The lowest BCUT2D eigenvalue weighted by Gasteiger charge is -2.08. The average molecular weight is 258 g/mol. The number of hydrogen-bond donors (Lipinski definition) is 0. The molecule has 0 spiro atoms. The summed E-state index contributed by atoms with van der Waals surface area (Å²) in [6, 6.07) is 4.99. The van der Waals surface area contributed by atoms with Crippen LogP contribution in [-0.4, -0.2) is 30.0 Å². The number of carbonyl (C=O) groups excluding carboxylic acids is 1. The topological polar surface area (TPSA) is 61.3 Å². The third-order valence-corrected chi connectivity index (χ3v) is 2.66. The monoisotopic (exact) mass is 258 g/mol. The standard InChI is InChI=1S/C14H14N2O3/c1-9-7-16-11(8-15-9)14(17)10-4-5-12(18-2)13(6-10)19-3/h4-8H,1-3H3. The van der Waals surface area contributed by atoms with Crippen LogP contribution >= 0.6 is 0 Å². The molecule has 5 nitrogen and oxygen atoms in total. The molecule has 0 fully saturated rings. The predicted octanol–water partition coefficient (Wildman–Crippen LogP) is 2.03. The van der Waals surface area contributed by atoms with Gasteiger partial charge in [0.1, 0.15) is 5.69 Å². The van der Waals surface area contributed by atoms with Gasteiger partial charge >= 0.3 is 0 Å². The lowest BCUT2D eigenvalue weighted by Crippen LogP contribution is -2.05. The largest absolute Gasteiger partial charge is 0.493 e. The highest BCUT2D eigenvalue weighted by molar-refractivity contribution is 6.07. The van der Waals surface area contributed by atoms with E-state index in [1.54, 1.807) is 31.5 Å². The fraction of sp³-hybridized carbons (Fsp3) is 0.214. The van der Waals surface area contributed by atoms with Crippen LogP contribution in [0, 0.1) is 6.92 Å². The molecule has 0 saturated heterocycles. The number of ether oxygens (including phenoxy) is 2. The van der Waals surface area contributed by atoms with Crippen LogP contribution in [-0.2, 0) is 0 Å². The highest BCUT2D eigenvalue weighted by Gasteiger charge is 2.14. The van der Waals surface area contributed by atoms with Gasteiger partial charge in [-0.2, -0.15) is 0 Å². The van der Waals surface area contributed by atoms with E-state index >= 15 is 0 Å². The minimum atomic E-state index is -0.201. The molecule has 19 heavy (non-hydrogen) atoms. The van der Waals surface area contributed by atoms with Crippen LogP contribution in [0.25, 0.3) is 0 Å². The molecule has 0 bridgehead atoms. The number of aryl methyl sites for hydroxylation is 1. The molecule has 0 atom stereocenters. The van der Waals surface area contributed by atoms with Crippen molar-refractivity contribution >= 4 is 5.78 Å². The van der Waals surface area contributed by atoms with E-state index in [0.29, 0.717) is 22.8 Å². The van der Waals surface area contributed by atoms with Gasteiger partial charge in [-0.15, -0.1) is 0 Å². The first kappa shape index (κ1) is 13.0. The zero-order chi connectivity index (χ0) is 13.8. The van der Waals surface area contributed by atoms with Gasteiger partial charge in [-0.1, -0.05) is 0 Å². The highest BCUT2D eigenvalue weighted by Crippen LogP contribution is 2.28. The van der Waals surface area contributed by atoms with Gasteiger partial charge < -0.3 is 9.47 Å². The normalized spacial score (nSPS) is 10.1. The molecule has 0 amide bonds. The Morgan fingerprint density at radius 1 is 1.05 bits per heavy atom. The summed E-state index contributed by atoms with van der Waals surface area (Å²) in [5, 5.41) is 0. The van der Waals surface area contributed by atoms with Crippen molar-refractivity contribution in [2.24, 2.45) is 0 Å². The Bertz CT molecular complexity index is 594. The zero-order valence-corrected chi connectivity index (χ0v) is 11.0. The minimum absolute atomic E-state index is 0.201. The molecule has 0 saturated carbocycles. The summed E-state index contributed by atoms with van der Waals surface area (Å²) < 4.78 is 10.3. The summed E-state index contributed by atoms with van der Waals surface area (Å²) in [5.41, 5.74) is 1.55. The number of aromatic nitrogens is 2. The van der Waals surface area contributed by atoms with Crippen LogP contribution in [0.1, 0.15) is 21.7 Å². The van der Waals surface area contributed by atoms with Crippen molar-refractivity contribution in [2.75, 3.05) is 14.2 Å². The van der Waals surface area contributed by atoms with E-state index in [9.17, 15) is 4.79 Å². The van der Waals surface area contributed by atoms with Gasteiger partial charge in [0, 0.05) is 11.8 Å². The van der Waals surface area contributed by atoms with Crippen LogP contribution in [0.15, 0.2) is 30.6 Å². The molecule has 98 valence electrons. The maximum absolute atomic E-state index is 12.2. The molecule has 0 radical (unpaired) electrons. The van der Waals surface area contributed by atoms with Crippen LogP contribution in [0.2, 0.25) is 0 Å².